The zero-order valence-electron chi connectivity index (χ0n) is 17.1. The van der Waals surface area contributed by atoms with Crippen LogP contribution in [-0.2, 0) is 14.2 Å². The van der Waals surface area contributed by atoms with Crippen molar-refractivity contribution in [1.29, 1.82) is 0 Å². The Kier molecular flexibility index (Phi) is 3.23. The largest absolute Gasteiger partial charge is 0.393 e. The van der Waals surface area contributed by atoms with E-state index in [-0.39, 0.29) is 28.1 Å². The maximum absolute atomic E-state index is 10.6. The third-order valence-corrected chi connectivity index (χ3v) is 9.26. The van der Waals surface area contributed by atoms with Crippen LogP contribution in [0.4, 0.5) is 0 Å². The molecule has 6 atom stereocenters. The maximum atomic E-state index is 10.6. The van der Waals surface area contributed by atoms with Crippen molar-refractivity contribution in [3.8, 4) is 0 Å². The van der Waals surface area contributed by atoms with E-state index in [9.17, 15) is 5.11 Å². The number of hydrogen-bond acceptors (Lipinski definition) is 4. The summed E-state index contributed by atoms with van der Waals surface area (Å²) in [5, 5.41) is 10.6. The van der Waals surface area contributed by atoms with Gasteiger partial charge < -0.3 is 19.3 Å². The second-order valence-corrected chi connectivity index (χ2v) is 11.5. The Balaban J connectivity index is 1.29. The van der Waals surface area contributed by atoms with Crippen LogP contribution in [0.2, 0.25) is 0 Å². The first kappa shape index (κ1) is 17.4. The Hall–Kier alpha value is -0.420. The molecule has 0 radical (unpaired) electrons. The minimum Gasteiger partial charge on any atom is -0.393 e. The number of aliphatic hydroxyl groups is 1. The number of ether oxygens (including phenoxy) is 3. The molecule has 3 saturated carbocycles. The van der Waals surface area contributed by atoms with Gasteiger partial charge in [-0.25, -0.2) is 0 Å². The average Bonchev–Trinajstić information content (AvgIpc) is 3.23. The second kappa shape index (κ2) is 5.00. The van der Waals surface area contributed by atoms with Crippen molar-refractivity contribution in [1.82, 2.24) is 0 Å². The van der Waals surface area contributed by atoms with Crippen LogP contribution < -0.4 is 0 Å². The van der Waals surface area contributed by atoms with E-state index in [1.165, 1.54) is 12.8 Å². The molecule has 0 aromatic heterocycles. The molecule has 2 heterocycles. The van der Waals surface area contributed by atoms with Gasteiger partial charge in [0.1, 0.15) is 11.2 Å². The van der Waals surface area contributed by atoms with E-state index in [0.29, 0.717) is 11.8 Å². The van der Waals surface area contributed by atoms with E-state index < -0.39 is 5.79 Å². The van der Waals surface area contributed by atoms with Crippen LogP contribution in [0.15, 0.2) is 11.6 Å². The predicted octanol–water partition coefficient (Wildman–Crippen LogP) is 3.96. The highest BCUT2D eigenvalue weighted by Crippen LogP contribution is 2.73. The molecule has 0 bridgehead atoms. The van der Waals surface area contributed by atoms with Gasteiger partial charge in [0, 0.05) is 23.7 Å². The number of rotatable bonds is 0. The third-order valence-electron chi connectivity index (χ3n) is 9.26. The van der Waals surface area contributed by atoms with Crippen LogP contribution in [0, 0.1) is 22.7 Å². The van der Waals surface area contributed by atoms with Gasteiger partial charge in [0.25, 0.3) is 0 Å². The summed E-state index contributed by atoms with van der Waals surface area (Å²) in [6, 6.07) is 0. The van der Waals surface area contributed by atoms with Crippen molar-refractivity contribution >= 4 is 0 Å². The summed E-state index contributed by atoms with van der Waals surface area (Å²) in [4.78, 5) is 0. The van der Waals surface area contributed by atoms with Gasteiger partial charge in [0.2, 0.25) is 0 Å². The van der Waals surface area contributed by atoms with Crippen molar-refractivity contribution in [2.24, 2.45) is 22.7 Å². The number of hydrogen-bond donors (Lipinski definition) is 1. The molecule has 0 amide bonds. The highest BCUT2D eigenvalue weighted by molar-refractivity contribution is 5.43. The smallest absolute Gasteiger partial charge is 0.171 e. The lowest BCUT2D eigenvalue weighted by atomic mass is 9.54. The molecule has 0 aromatic carbocycles. The molecule has 150 valence electrons. The van der Waals surface area contributed by atoms with E-state index in [2.05, 4.69) is 26.8 Å². The molecule has 1 spiro atoms. The Morgan fingerprint density at radius 2 is 1.78 bits per heavy atom. The zero-order valence-corrected chi connectivity index (χ0v) is 17.1. The molecular formula is C23H34O4. The summed E-state index contributed by atoms with van der Waals surface area (Å²) in [6.45, 7) is 8.30. The number of epoxide rings is 1. The number of fused-ring (bicyclic) bond motifs is 3. The van der Waals surface area contributed by atoms with Gasteiger partial charge in [-0.15, -0.1) is 0 Å². The molecule has 4 aliphatic carbocycles. The van der Waals surface area contributed by atoms with Gasteiger partial charge in [-0.2, -0.15) is 0 Å². The van der Waals surface area contributed by atoms with Crippen LogP contribution in [-0.4, -0.2) is 41.4 Å². The standard InChI is InChI=1S/C23H34O4/c1-19(2)13-25-22(26-14-19)10-11-23-17-7-8-20(3)16(4-5-18(20)24)15(17)6-9-21(23,12-22)27-23/h7,15-16,18,24H,4-6,8-14H2,1-3H3/t15-,16-,18-,20-,21-,23-/m0/s1. The molecule has 4 heteroatoms. The first-order valence-corrected chi connectivity index (χ1v) is 11.1. The fourth-order valence-electron chi connectivity index (χ4n) is 7.55. The first-order valence-electron chi connectivity index (χ1n) is 11.1. The van der Waals surface area contributed by atoms with Gasteiger partial charge in [0.05, 0.1) is 19.3 Å². The predicted molar refractivity (Wildman–Crippen MR) is 101 cm³/mol. The van der Waals surface area contributed by atoms with Crippen LogP contribution in [0.3, 0.4) is 0 Å². The summed E-state index contributed by atoms with van der Waals surface area (Å²) >= 11 is 0. The Morgan fingerprint density at radius 1 is 1.00 bits per heavy atom. The lowest BCUT2D eigenvalue weighted by molar-refractivity contribution is -0.313. The fourth-order valence-corrected chi connectivity index (χ4v) is 7.55. The van der Waals surface area contributed by atoms with E-state index in [1.54, 1.807) is 5.57 Å². The normalized spacial score (nSPS) is 54.4. The summed E-state index contributed by atoms with van der Waals surface area (Å²) < 4.78 is 19.4. The SMILES string of the molecule is CC1(C)COC2(CC[C@@]34O[C@@]3(CC[C@@H]3C4=CC[C@]4(C)[C@@H](O)CC[C@@H]34)C2)OC1. The number of allylic oxidation sites excluding steroid dienone is 1. The molecule has 27 heavy (non-hydrogen) atoms. The molecule has 0 aromatic rings. The van der Waals surface area contributed by atoms with Crippen molar-refractivity contribution < 1.29 is 19.3 Å². The van der Waals surface area contributed by atoms with Crippen molar-refractivity contribution in [2.75, 3.05) is 13.2 Å². The number of aliphatic hydroxyl groups excluding tert-OH is 1. The minimum absolute atomic E-state index is 0.0459. The minimum atomic E-state index is -0.421. The Morgan fingerprint density at radius 3 is 2.56 bits per heavy atom. The summed E-state index contributed by atoms with van der Waals surface area (Å²) in [5.74, 6) is 0.816. The van der Waals surface area contributed by atoms with E-state index in [1.807, 2.05) is 0 Å². The lowest BCUT2D eigenvalue weighted by Crippen LogP contribution is -2.56. The summed E-state index contributed by atoms with van der Waals surface area (Å²) in [5.41, 5.74) is 1.67. The van der Waals surface area contributed by atoms with E-state index >= 15 is 0 Å². The van der Waals surface area contributed by atoms with Crippen molar-refractivity contribution in [3.63, 3.8) is 0 Å². The first-order chi connectivity index (χ1) is 12.7. The monoisotopic (exact) mass is 374 g/mol. The van der Waals surface area contributed by atoms with Gasteiger partial charge in [0.15, 0.2) is 5.79 Å². The average molecular weight is 375 g/mol. The van der Waals surface area contributed by atoms with Crippen LogP contribution in [0.25, 0.3) is 0 Å². The van der Waals surface area contributed by atoms with E-state index in [0.717, 1.165) is 51.7 Å². The maximum Gasteiger partial charge on any atom is 0.171 e. The quantitative estimate of drug-likeness (QED) is 0.515. The molecule has 6 rings (SSSR count). The van der Waals surface area contributed by atoms with Gasteiger partial charge >= 0.3 is 0 Å². The highest BCUT2D eigenvalue weighted by atomic mass is 16.7. The Labute approximate surface area is 162 Å². The van der Waals surface area contributed by atoms with Crippen molar-refractivity contribution in [3.05, 3.63) is 11.6 Å². The van der Waals surface area contributed by atoms with Gasteiger partial charge in [-0.05, 0) is 55.9 Å². The molecule has 1 N–H and O–H groups in total. The van der Waals surface area contributed by atoms with Crippen LogP contribution in [0.5, 0.6) is 0 Å². The Bertz CT molecular complexity index is 703. The van der Waals surface area contributed by atoms with Crippen LogP contribution >= 0.6 is 0 Å². The third kappa shape index (κ3) is 2.09. The summed E-state index contributed by atoms with van der Waals surface area (Å²) in [6.07, 6.45) is 10.7. The molecule has 4 nitrogen and oxygen atoms in total. The van der Waals surface area contributed by atoms with Gasteiger partial charge in [-0.3, -0.25) is 0 Å². The highest BCUT2D eigenvalue weighted by Gasteiger charge is 2.79. The molecule has 6 aliphatic rings. The molecule has 5 fully saturated rings. The molecule has 2 aliphatic heterocycles. The molecule has 0 unspecified atom stereocenters. The molecule has 2 saturated heterocycles. The lowest BCUT2D eigenvalue weighted by Gasteiger charge is -2.52. The van der Waals surface area contributed by atoms with Gasteiger partial charge in [-0.1, -0.05) is 26.8 Å². The zero-order chi connectivity index (χ0) is 18.7. The summed E-state index contributed by atoms with van der Waals surface area (Å²) in [7, 11) is 0. The second-order valence-electron chi connectivity index (χ2n) is 11.5. The van der Waals surface area contributed by atoms with Crippen molar-refractivity contribution in [2.45, 2.75) is 95.2 Å². The van der Waals surface area contributed by atoms with E-state index in [4.69, 9.17) is 14.2 Å². The van der Waals surface area contributed by atoms with Crippen LogP contribution in [0.1, 0.15) is 72.1 Å². The molecular weight excluding hydrogens is 340 g/mol. The fraction of sp³-hybridized carbons (Fsp3) is 0.913. The topological polar surface area (TPSA) is 51.2 Å².